The molecule has 0 spiro atoms. The highest BCUT2D eigenvalue weighted by Crippen LogP contribution is 2.38. The molecule has 2 aromatic carbocycles. The minimum Gasteiger partial charge on any atom is -0.493 e. The van der Waals surface area contributed by atoms with Crippen LogP contribution in [0, 0.1) is 11.3 Å². The topological polar surface area (TPSA) is 97.7 Å². The van der Waals surface area contributed by atoms with Gasteiger partial charge in [-0.1, -0.05) is 0 Å². The molecule has 0 radical (unpaired) electrons. The first-order valence-electron chi connectivity index (χ1n) is 7.24. The Morgan fingerprint density at radius 2 is 1.56 bits per heavy atom. The zero-order valence-corrected chi connectivity index (χ0v) is 14.9. The molecule has 1 N–H and O–H groups in total. The number of ether oxygens (including phenoxy) is 3. The van der Waals surface area contributed by atoms with Crippen LogP contribution in [0.2, 0.25) is 0 Å². The normalized spacial score (nSPS) is 10.8. The van der Waals surface area contributed by atoms with Crippen molar-refractivity contribution in [2.75, 3.05) is 21.3 Å². The Morgan fingerprint density at radius 1 is 1.00 bits per heavy atom. The molecular formula is C17H18N2O5S. The highest BCUT2D eigenvalue weighted by molar-refractivity contribution is 7.89. The summed E-state index contributed by atoms with van der Waals surface area (Å²) in [5, 5.41) is 8.78. The zero-order valence-electron chi connectivity index (χ0n) is 14.1. The molecule has 2 aromatic rings. The van der Waals surface area contributed by atoms with Crippen LogP contribution in [0.25, 0.3) is 0 Å². The van der Waals surface area contributed by atoms with Crippen molar-refractivity contribution in [2.24, 2.45) is 0 Å². The standard InChI is InChI=1S/C17H18N2O5S/c1-22-15-8-13(9-16(23-2)17(15)24-3)11-19-25(20,21)14-6-4-12(10-18)5-7-14/h4-9,19H,11H2,1-3H3. The fraction of sp³-hybridized carbons (Fsp3) is 0.235. The third kappa shape index (κ3) is 4.21. The first-order valence-corrected chi connectivity index (χ1v) is 8.72. The molecule has 0 fully saturated rings. The van der Waals surface area contributed by atoms with Gasteiger partial charge in [-0.3, -0.25) is 0 Å². The first-order chi connectivity index (χ1) is 11.9. The zero-order chi connectivity index (χ0) is 18.4. The average molecular weight is 362 g/mol. The smallest absolute Gasteiger partial charge is 0.240 e. The van der Waals surface area contributed by atoms with Gasteiger partial charge in [-0.05, 0) is 42.0 Å². The number of nitrogens with zero attached hydrogens (tertiary/aromatic N) is 1. The molecule has 0 aromatic heterocycles. The van der Waals surface area contributed by atoms with Gasteiger partial charge in [0.2, 0.25) is 15.8 Å². The van der Waals surface area contributed by atoms with Crippen molar-refractivity contribution >= 4 is 10.0 Å². The molecule has 0 aliphatic carbocycles. The maximum absolute atomic E-state index is 12.4. The van der Waals surface area contributed by atoms with Gasteiger partial charge >= 0.3 is 0 Å². The molecule has 8 heteroatoms. The van der Waals surface area contributed by atoms with E-state index in [0.29, 0.717) is 28.4 Å². The number of sulfonamides is 1. The van der Waals surface area contributed by atoms with Crippen LogP contribution >= 0.6 is 0 Å². The van der Waals surface area contributed by atoms with E-state index in [1.165, 1.54) is 45.6 Å². The predicted octanol–water partition coefficient (Wildman–Crippen LogP) is 2.06. The average Bonchev–Trinajstić information content (AvgIpc) is 2.65. The molecule has 0 aliphatic rings. The highest BCUT2D eigenvalue weighted by atomic mass is 32.2. The van der Waals surface area contributed by atoms with Crippen molar-refractivity contribution in [1.29, 1.82) is 5.26 Å². The van der Waals surface area contributed by atoms with Gasteiger partial charge in [0.15, 0.2) is 11.5 Å². The van der Waals surface area contributed by atoms with Crippen LogP contribution in [-0.4, -0.2) is 29.7 Å². The maximum atomic E-state index is 12.4. The molecular weight excluding hydrogens is 344 g/mol. The van der Waals surface area contributed by atoms with E-state index in [2.05, 4.69) is 4.72 Å². The van der Waals surface area contributed by atoms with Crippen LogP contribution in [0.3, 0.4) is 0 Å². The number of hydrogen-bond donors (Lipinski definition) is 1. The van der Waals surface area contributed by atoms with Gasteiger partial charge in [-0.15, -0.1) is 0 Å². The van der Waals surface area contributed by atoms with Crippen LogP contribution in [0.1, 0.15) is 11.1 Å². The molecule has 132 valence electrons. The molecule has 0 heterocycles. The first kappa shape index (κ1) is 18.6. The molecule has 25 heavy (non-hydrogen) atoms. The lowest BCUT2D eigenvalue weighted by Crippen LogP contribution is -2.23. The minimum absolute atomic E-state index is 0.0407. The number of benzene rings is 2. The summed E-state index contributed by atoms with van der Waals surface area (Å²) in [7, 11) is 0.759. The summed E-state index contributed by atoms with van der Waals surface area (Å²) >= 11 is 0. The molecule has 0 saturated carbocycles. The van der Waals surface area contributed by atoms with E-state index >= 15 is 0 Å². The van der Waals surface area contributed by atoms with Gasteiger partial charge in [-0.2, -0.15) is 5.26 Å². The summed E-state index contributed by atoms with van der Waals surface area (Å²) in [6.45, 7) is 0.0407. The Labute approximate surface area is 146 Å². The van der Waals surface area contributed by atoms with Gasteiger partial charge in [0.25, 0.3) is 0 Å². The van der Waals surface area contributed by atoms with Crippen molar-refractivity contribution in [2.45, 2.75) is 11.4 Å². The van der Waals surface area contributed by atoms with Crippen LogP contribution in [-0.2, 0) is 16.6 Å². The lowest BCUT2D eigenvalue weighted by atomic mass is 10.2. The van der Waals surface area contributed by atoms with Crippen LogP contribution in [0.5, 0.6) is 17.2 Å². The van der Waals surface area contributed by atoms with Crippen molar-refractivity contribution < 1.29 is 22.6 Å². The van der Waals surface area contributed by atoms with Gasteiger partial charge < -0.3 is 14.2 Å². The Morgan fingerprint density at radius 3 is 2.00 bits per heavy atom. The number of hydrogen-bond acceptors (Lipinski definition) is 6. The number of nitriles is 1. The Balaban J connectivity index is 2.23. The Hall–Kier alpha value is -2.76. The third-order valence-electron chi connectivity index (χ3n) is 3.48. The van der Waals surface area contributed by atoms with Crippen molar-refractivity contribution in [1.82, 2.24) is 4.72 Å². The summed E-state index contributed by atoms with van der Waals surface area (Å²) in [4.78, 5) is 0.0824. The molecule has 0 unspecified atom stereocenters. The summed E-state index contributed by atoms with van der Waals surface area (Å²) in [5.74, 6) is 1.31. The van der Waals surface area contributed by atoms with Gasteiger partial charge in [0, 0.05) is 6.54 Å². The fourth-order valence-corrected chi connectivity index (χ4v) is 3.23. The molecule has 0 amide bonds. The summed E-state index contributed by atoms with van der Waals surface area (Å²) in [5.41, 5.74) is 1.04. The molecule has 0 saturated heterocycles. The van der Waals surface area contributed by atoms with Gasteiger partial charge in [0.1, 0.15) is 0 Å². The monoisotopic (exact) mass is 362 g/mol. The molecule has 2 rings (SSSR count). The predicted molar refractivity (Wildman–Crippen MR) is 91.3 cm³/mol. The molecule has 7 nitrogen and oxygen atoms in total. The number of rotatable bonds is 7. The lowest BCUT2D eigenvalue weighted by Gasteiger charge is -2.14. The van der Waals surface area contributed by atoms with Gasteiger partial charge in [0.05, 0.1) is 37.9 Å². The van der Waals surface area contributed by atoms with Crippen molar-refractivity contribution in [3.05, 3.63) is 47.5 Å². The van der Waals surface area contributed by atoms with E-state index in [9.17, 15) is 8.42 Å². The van der Waals surface area contributed by atoms with Gasteiger partial charge in [-0.25, -0.2) is 13.1 Å². The SMILES string of the molecule is COc1cc(CNS(=O)(=O)c2ccc(C#N)cc2)cc(OC)c1OC. The fourth-order valence-electron chi connectivity index (χ4n) is 2.21. The summed E-state index contributed by atoms with van der Waals surface area (Å²) < 4.78 is 43.0. The minimum atomic E-state index is -3.71. The third-order valence-corrected chi connectivity index (χ3v) is 4.90. The Kier molecular flexibility index (Phi) is 5.85. The molecule has 0 aliphatic heterocycles. The second-order valence-electron chi connectivity index (χ2n) is 4.99. The Bertz CT molecular complexity index is 861. The molecule has 0 bridgehead atoms. The summed E-state index contributed by atoms with van der Waals surface area (Å²) in [6, 6.07) is 11.0. The van der Waals surface area contributed by atoms with E-state index in [4.69, 9.17) is 19.5 Å². The second-order valence-corrected chi connectivity index (χ2v) is 6.76. The van der Waals surface area contributed by atoms with Crippen LogP contribution in [0.4, 0.5) is 0 Å². The van der Waals surface area contributed by atoms with Crippen LogP contribution < -0.4 is 18.9 Å². The lowest BCUT2D eigenvalue weighted by molar-refractivity contribution is 0.323. The number of methoxy groups -OCH3 is 3. The molecule has 0 atom stereocenters. The van der Waals surface area contributed by atoms with E-state index in [1.807, 2.05) is 6.07 Å². The second kappa shape index (κ2) is 7.88. The van der Waals surface area contributed by atoms with E-state index in [-0.39, 0.29) is 11.4 Å². The van der Waals surface area contributed by atoms with Crippen molar-refractivity contribution in [3.8, 4) is 23.3 Å². The quantitative estimate of drug-likeness (QED) is 0.810. The van der Waals surface area contributed by atoms with E-state index < -0.39 is 10.0 Å². The van der Waals surface area contributed by atoms with E-state index in [1.54, 1.807) is 12.1 Å². The summed E-state index contributed by atoms with van der Waals surface area (Å²) in [6.07, 6.45) is 0. The van der Waals surface area contributed by atoms with Crippen molar-refractivity contribution in [3.63, 3.8) is 0 Å². The largest absolute Gasteiger partial charge is 0.493 e. The van der Waals surface area contributed by atoms with E-state index in [0.717, 1.165) is 0 Å². The van der Waals surface area contributed by atoms with Crippen LogP contribution in [0.15, 0.2) is 41.3 Å². The highest BCUT2D eigenvalue weighted by Gasteiger charge is 2.17. The number of nitrogens with one attached hydrogen (secondary N) is 1. The maximum Gasteiger partial charge on any atom is 0.240 e.